The number of nitrogens with zero attached hydrogens (tertiary/aromatic N) is 2. The maximum Gasteiger partial charge on any atom is 0.0650 e. The molecule has 0 spiro atoms. The highest BCUT2D eigenvalue weighted by molar-refractivity contribution is 5.88. The van der Waals surface area contributed by atoms with Gasteiger partial charge in [-0.2, -0.15) is 5.10 Å². The zero-order valence-electron chi connectivity index (χ0n) is 11.4. The third-order valence-corrected chi connectivity index (χ3v) is 3.88. The van der Waals surface area contributed by atoms with E-state index in [2.05, 4.69) is 52.4 Å². The van der Waals surface area contributed by atoms with Crippen LogP contribution in [0.15, 0.2) is 42.7 Å². The van der Waals surface area contributed by atoms with E-state index in [-0.39, 0.29) is 0 Å². The Hall–Kier alpha value is -2.42. The van der Waals surface area contributed by atoms with Gasteiger partial charge in [-0.1, -0.05) is 12.1 Å². The van der Waals surface area contributed by atoms with Crippen molar-refractivity contribution in [2.24, 2.45) is 0 Å². The molecule has 2 aromatic heterocycles. The van der Waals surface area contributed by atoms with Gasteiger partial charge in [0.25, 0.3) is 0 Å². The summed E-state index contributed by atoms with van der Waals surface area (Å²) in [7, 11) is 0. The van der Waals surface area contributed by atoms with Crippen LogP contribution in [0.3, 0.4) is 0 Å². The van der Waals surface area contributed by atoms with Gasteiger partial charge >= 0.3 is 0 Å². The lowest BCUT2D eigenvalue weighted by atomic mass is 9.89. The molecule has 3 aromatic rings. The average Bonchev–Trinajstić information content (AvgIpc) is 2.94. The molecule has 0 saturated carbocycles. The summed E-state index contributed by atoms with van der Waals surface area (Å²) < 4.78 is 0. The third kappa shape index (κ3) is 1.74. The van der Waals surface area contributed by atoms with Crippen LogP contribution in [0.4, 0.5) is 0 Å². The number of hydrogen-bond donors (Lipinski definition) is 1. The number of nitrogens with one attached hydrogen (secondary N) is 1. The minimum absolute atomic E-state index is 1.03. The number of rotatable bonds is 1. The lowest BCUT2D eigenvalue weighted by Gasteiger charge is -2.18. The standard InChI is InChI=1S/C17H15N3/c1-11-7-15-14(3-2-4-17(15)18-9-11)12-5-6-16-13(8-12)10-19-20-16/h3,5-10H,2,4H2,1H3,(H,19,20). The van der Waals surface area contributed by atoms with Crippen molar-refractivity contribution in [3.8, 4) is 0 Å². The molecule has 4 rings (SSSR count). The summed E-state index contributed by atoms with van der Waals surface area (Å²) in [5.41, 5.74) is 7.31. The lowest BCUT2D eigenvalue weighted by molar-refractivity contribution is 0.916. The van der Waals surface area contributed by atoms with E-state index in [1.165, 1.54) is 28.0 Å². The van der Waals surface area contributed by atoms with Crippen LogP contribution in [0.2, 0.25) is 0 Å². The molecule has 0 radical (unpaired) electrons. The van der Waals surface area contributed by atoms with Crippen molar-refractivity contribution in [3.05, 3.63) is 65.1 Å². The van der Waals surface area contributed by atoms with Crippen molar-refractivity contribution in [2.75, 3.05) is 0 Å². The molecule has 1 aliphatic carbocycles. The minimum Gasteiger partial charge on any atom is -0.278 e. The van der Waals surface area contributed by atoms with E-state index in [0.717, 1.165) is 23.7 Å². The lowest BCUT2D eigenvalue weighted by Crippen LogP contribution is -2.04. The molecule has 0 saturated heterocycles. The van der Waals surface area contributed by atoms with Crippen LogP contribution in [0.5, 0.6) is 0 Å². The van der Waals surface area contributed by atoms with Crippen LogP contribution in [0, 0.1) is 6.92 Å². The van der Waals surface area contributed by atoms with Crippen molar-refractivity contribution >= 4 is 16.5 Å². The first-order valence-corrected chi connectivity index (χ1v) is 6.91. The monoisotopic (exact) mass is 261 g/mol. The molecule has 1 aromatic carbocycles. The number of aromatic nitrogens is 3. The van der Waals surface area contributed by atoms with Gasteiger partial charge in [-0.25, -0.2) is 0 Å². The first-order valence-electron chi connectivity index (χ1n) is 6.91. The van der Waals surface area contributed by atoms with Gasteiger partial charge in [0.1, 0.15) is 0 Å². The Morgan fingerprint density at radius 2 is 2.10 bits per heavy atom. The SMILES string of the molecule is Cc1cnc2c(c1)C(c1ccc3[nH]ncc3c1)=CCC2. The number of hydrogen-bond acceptors (Lipinski definition) is 2. The smallest absolute Gasteiger partial charge is 0.0650 e. The molecular weight excluding hydrogens is 246 g/mol. The molecule has 1 aliphatic rings. The van der Waals surface area contributed by atoms with Crippen LogP contribution >= 0.6 is 0 Å². The number of aromatic amines is 1. The molecule has 20 heavy (non-hydrogen) atoms. The number of pyridine rings is 1. The molecule has 98 valence electrons. The predicted molar refractivity (Wildman–Crippen MR) is 80.5 cm³/mol. The molecule has 0 bridgehead atoms. The number of fused-ring (bicyclic) bond motifs is 2. The fourth-order valence-corrected chi connectivity index (χ4v) is 2.88. The second-order valence-corrected chi connectivity index (χ2v) is 5.34. The molecule has 0 unspecified atom stereocenters. The van der Waals surface area contributed by atoms with E-state index in [4.69, 9.17) is 0 Å². The van der Waals surface area contributed by atoms with Crippen molar-refractivity contribution in [2.45, 2.75) is 19.8 Å². The Balaban J connectivity index is 1.89. The Morgan fingerprint density at radius 1 is 1.15 bits per heavy atom. The van der Waals surface area contributed by atoms with Gasteiger partial charge in [0.2, 0.25) is 0 Å². The second-order valence-electron chi connectivity index (χ2n) is 5.34. The van der Waals surface area contributed by atoms with Gasteiger partial charge in [-0.15, -0.1) is 0 Å². The number of allylic oxidation sites excluding steroid dienone is 1. The summed E-state index contributed by atoms with van der Waals surface area (Å²) in [6.07, 6.45) is 8.25. The van der Waals surface area contributed by atoms with Gasteiger partial charge in [-0.05, 0) is 54.7 Å². The number of aryl methyl sites for hydroxylation is 2. The highest BCUT2D eigenvalue weighted by Gasteiger charge is 2.15. The topological polar surface area (TPSA) is 41.6 Å². The Labute approximate surface area is 117 Å². The van der Waals surface area contributed by atoms with E-state index in [9.17, 15) is 0 Å². The van der Waals surface area contributed by atoms with Crippen LogP contribution in [-0.2, 0) is 6.42 Å². The van der Waals surface area contributed by atoms with Crippen molar-refractivity contribution in [1.82, 2.24) is 15.2 Å². The van der Waals surface area contributed by atoms with Crippen LogP contribution in [0.25, 0.3) is 16.5 Å². The average molecular weight is 261 g/mol. The Morgan fingerprint density at radius 3 is 3.05 bits per heavy atom. The van der Waals surface area contributed by atoms with E-state index in [1.54, 1.807) is 0 Å². The highest BCUT2D eigenvalue weighted by Crippen LogP contribution is 2.32. The van der Waals surface area contributed by atoms with Gasteiger partial charge in [0, 0.05) is 22.8 Å². The van der Waals surface area contributed by atoms with Crippen LogP contribution in [0.1, 0.15) is 28.8 Å². The summed E-state index contributed by atoms with van der Waals surface area (Å²) in [5, 5.41) is 8.23. The van der Waals surface area contributed by atoms with E-state index < -0.39 is 0 Å². The molecule has 0 amide bonds. The first-order chi connectivity index (χ1) is 9.81. The van der Waals surface area contributed by atoms with Crippen molar-refractivity contribution in [1.29, 1.82) is 0 Å². The zero-order valence-corrected chi connectivity index (χ0v) is 11.4. The summed E-state index contributed by atoms with van der Waals surface area (Å²) >= 11 is 0. The highest BCUT2D eigenvalue weighted by atomic mass is 15.1. The predicted octanol–water partition coefficient (Wildman–Crippen LogP) is 3.64. The van der Waals surface area contributed by atoms with E-state index in [1.807, 2.05) is 12.4 Å². The van der Waals surface area contributed by atoms with Crippen LogP contribution in [-0.4, -0.2) is 15.2 Å². The van der Waals surface area contributed by atoms with Crippen molar-refractivity contribution in [3.63, 3.8) is 0 Å². The van der Waals surface area contributed by atoms with Gasteiger partial charge in [0.15, 0.2) is 0 Å². The van der Waals surface area contributed by atoms with E-state index >= 15 is 0 Å². The molecule has 3 heteroatoms. The summed E-state index contributed by atoms with van der Waals surface area (Å²) in [5.74, 6) is 0. The summed E-state index contributed by atoms with van der Waals surface area (Å²) in [6, 6.07) is 8.69. The molecule has 1 N–H and O–H groups in total. The van der Waals surface area contributed by atoms with Crippen molar-refractivity contribution < 1.29 is 0 Å². The third-order valence-electron chi connectivity index (χ3n) is 3.88. The van der Waals surface area contributed by atoms with Gasteiger partial charge in [-0.3, -0.25) is 10.1 Å². The first kappa shape index (κ1) is 11.4. The maximum atomic E-state index is 4.59. The molecule has 0 fully saturated rings. The largest absolute Gasteiger partial charge is 0.278 e. The summed E-state index contributed by atoms with van der Waals surface area (Å²) in [6.45, 7) is 2.10. The van der Waals surface area contributed by atoms with Gasteiger partial charge in [0.05, 0.1) is 11.7 Å². The Kier molecular flexibility index (Phi) is 2.46. The molecule has 2 heterocycles. The second kappa shape index (κ2) is 4.30. The van der Waals surface area contributed by atoms with E-state index in [0.29, 0.717) is 0 Å². The number of H-pyrrole nitrogens is 1. The summed E-state index contributed by atoms with van der Waals surface area (Å²) in [4.78, 5) is 4.59. The fourth-order valence-electron chi connectivity index (χ4n) is 2.88. The molecular formula is C17H15N3. The molecule has 0 atom stereocenters. The maximum absolute atomic E-state index is 4.59. The quantitative estimate of drug-likeness (QED) is 0.726. The van der Waals surface area contributed by atoms with Gasteiger partial charge < -0.3 is 0 Å². The minimum atomic E-state index is 1.03. The number of benzene rings is 1. The van der Waals surface area contributed by atoms with Crippen LogP contribution < -0.4 is 0 Å². The fraction of sp³-hybridized carbons (Fsp3) is 0.176. The normalized spacial score (nSPS) is 14.2. The Bertz CT molecular complexity index is 827. The molecule has 3 nitrogen and oxygen atoms in total. The zero-order chi connectivity index (χ0) is 13.5. The molecule has 0 aliphatic heterocycles.